The normalized spacial score (nSPS) is 8.92. The van der Waals surface area contributed by atoms with Gasteiger partial charge in [0.2, 0.25) is 0 Å². The van der Waals surface area contributed by atoms with Crippen LogP contribution in [0.3, 0.4) is 0 Å². The number of hydrogen-bond acceptors (Lipinski definition) is 3. The van der Waals surface area contributed by atoms with Crippen molar-refractivity contribution in [2.45, 2.75) is 0 Å². The molecule has 0 radical (unpaired) electrons. The van der Waals surface area contributed by atoms with Gasteiger partial charge in [-0.1, -0.05) is 12.1 Å². The quantitative estimate of drug-likeness (QED) is 0.646. The van der Waals surface area contributed by atoms with Crippen molar-refractivity contribution in [1.29, 1.82) is 5.26 Å². The van der Waals surface area contributed by atoms with Crippen LogP contribution in [0.1, 0.15) is 5.56 Å². The Kier molecular flexibility index (Phi) is 3.04. The zero-order valence-corrected chi connectivity index (χ0v) is 7.40. The van der Waals surface area contributed by atoms with Gasteiger partial charge in [0, 0.05) is 7.05 Å². The summed E-state index contributed by atoms with van der Waals surface area (Å²) in [5.41, 5.74) is 1.38. The van der Waals surface area contributed by atoms with Gasteiger partial charge in [-0.25, -0.2) is 0 Å². The summed E-state index contributed by atoms with van der Waals surface area (Å²) < 4.78 is 0. The average molecular weight is 174 g/mol. The number of likely N-dealkylation sites (N-methyl/N-ethyl adjacent to an activating group) is 1. The van der Waals surface area contributed by atoms with Gasteiger partial charge in [0.15, 0.2) is 0 Å². The first-order valence-corrected chi connectivity index (χ1v) is 3.93. The van der Waals surface area contributed by atoms with Crippen LogP contribution in [0.5, 0.6) is 0 Å². The van der Waals surface area contributed by atoms with Crippen LogP contribution in [-0.4, -0.2) is 19.9 Å². The molecular weight excluding hydrogens is 164 g/mol. The second kappa shape index (κ2) is 4.27. The first-order valence-electron chi connectivity index (χ1n) is 3.93. The molecule has 0 bridgehead atoms. The van der Waals surface area contributed by atoms with Crippen LogP contribution < -0.4 is 4.90 Å². The Bertz CT molecular complexity index is 341. The van der Waals surface area contributed by atoms with E-state index in [4.69, 9.17) is 5.26 Å². The molecule has 0 aromatic heterocycles. The summed E-state index contributed by atoms with van der Waals surface area (Å²) in [7, 11) is 1.78. The molecule has 0 saturated carbocycles. The molecule has 13 heavy (non-hydrogen) atoms. The molecule has 1 rings (SSSR count). The van der Waals surface area contributed by atoms with E-state index >= 15 is 0 Å². The van der Waals surface area contributed by atoms with E-state index in [-0.39, 0.29) is 0 Å². The second-order valence-electron chi connectivity index (χ2n) is 2.68. The molecule has 3 heteroatoms. The predicted octanol–water partition coefficient (Wildman–Crippen LogP) is 1.19. The highest BCUT2D eigenvalue weighted by Gasteiger charge is 2.04. The van der Waals surface area contributed by atoms with Gasteiger partial charge >= 0.3 is 0 Å². The summed E-state index contributed by atoms with van der Waals surface area (Å²) in [5.74, 6) is 0. The number of aldehydes is 1. The summed E-state index contributed by atoms with van der Waals surface area (Å²) >= 11 is 0. The Morgan fingerprint density at radius 1 is 1.54 bits per heavy atom. The minimum absolute atomic E-state index is 0.304. The van der Waals surface area contributed by atoms with Crippen LogP contribution in [0, 0.1) is 11.3 Å². The molecule has 0 atom stereocenters. The first-order chi connectivity index (χ1) is 6.29. The lowest BCUT2D eigenvalue weighted by Gasteiger charge is -2.16. The van der Waals surface area contributed by atoms with Gasteiger partial charge in [-0.15, -0.1) is 0 Å². The number of carbonyl (C=O) groups is 1. The van der Waals surface area contributed by atoms with Gasteiger partial charge in [-0.05, 0) is 12.1 Å². The van der Waals surface area contributed by atoms with Crippen LogP contribution in [0.15, 0.2) is 24.3 Å². The topological polar surface area (TPSA) is 44.1 Å². The summed E-state index contributed by atoms with van der Waals surface area (Å²) in [4.78, 5) is 12.0. The van der Waals surface area contributed by atoms with Gasteiger partial charge in [-0.3, -0.25) is 0 Å². The van der Waals surface area contributed by atoms with E-state index in [9.17, 15) is 4.79 Å². The third-order valence-electron chi connectivity index (χ3n) is 1.78. The highest BCUT2D eigenvalue weighted by atomic mass is 16.1. The van der Waals surface area contributed by atoms with Gasteiger partial charge < -0.3 is 9.69 Å². The maximum atomic E-state index is 10.3. The lowest BCUT2D eigenvalue weighted by atomic mass is 10.2. The molecule has 0 unspecified atom stereocenters. The number of carbonyl (C=O) groups excluding carboxylic acids is 1. The highest BCUT2D eigenvalue weighted by molar-refractivity contribution is 5.65. The third kappa shape index (κ3) is 2.06. The lowest BCUT2D eigenvalue weighted by Crippen LogP contribution is -2.20. The largest absolute Gasteiger partial charge is 0.366 e. The molecule has 3 nitrogen and oxygen atoms in total. The van der Waals surface area contributed by atoms with Crippen LogP contribution in [0.4, 0.5) is 5.69 Å². The molecule has 0 aliphatic rings. The number of anilines is 1. The number of benzene rings is 1. The van der Waals surface area contributed by atoms with Crippen molar-refractivity contribution in [2.24, 2.45) is 0 Å². The van der Waals surface area contributed by atoms with E-state index in [0.717, 1.165) is 12.0 Å². The van der Waals surface area contributed by atoms with Crippen LogP contribution in [0.25, 0.3) is 0 Å². The van der Waals surface area contributed by atoms with Gasteiger partial charge in [0.25, 0.3) is 0 Å². The van der Waals surface area contributed by atoms with Crippen molar-refractivity contribution >= 4 is 12.0 Å². The molecule has 0 heterocycles. The van der Waals surface area contributed by atoms with E-state index in [0.29, 0.717) is 12.1 Å². The van der Waals surface area contributed by atoms with Crippen LogP contribution >= 0.6 is 0 Å². The zero-order chi connectivity index (χ0) is 9.68. The summed E-state index contributed by atoms with van der Waals surface area (Å²) in [6, 6.07) is 9.28. The Balaban J connectivity index is 2.99. The van der Waals surface area contributed by atoms with Gasteiger partial charge in [0.1, 0.15) is 12.4 Å². The Labute approximate surface area is 77.2 Å². The van der Waals surface area contributed by atoms with E-state index in [1.807, 2.05) is 12.1 Å². The Morgan fingerprint density at radius 3 is 2.85 bits per heavy atom. The maximum absolute atomic E-state index is 10.3. The number of hydrogen-bond donors (Lipinski definition) is 0. The van der Waals surface area contributed by atoms with E-state index in [1.54, 1.807) is 24.1 Å². The van der Waals surface area contributed by atoms with Crippen molar-refractivity contribution in [3.8, 4) is 6.07 Å². The molecule has 0 N–H and O–H groups in total. The van der Waals surface area contributed by atoms with E-state index in [2.05, 4.69) is 6.07 Å². The molecule has 0 aliphatic carbocycles. The molecular formula is C10H10N2O. The minimum atomic E-state index is 0.304. The number of nitrogens with zero attached hydrogens (tertiary/aromatic N) is 2. The van der Waals surface area contributed by atoms with Crippen LogP contribution in [0.2, 0.25) is 0 Å². The van der Waals surface area contributed by atoms with Gasteiger partial charge in [0.05, 0.1) is 17.8 Å². The fourth-order valence-corrected chi connectivity index (χ4v) is 1.11. The van der Waals surface area contributed by atoms with E-state index in [1.165, 1.54) is 0 Å². The van der Waals surface area contributed by atoms with Crippen molar-refractivity contribution in [3.05, 3.63) is 29.8 Å². The molecule has 0 aliphatic heterocycles. The lowest BCUT2D eigenvalue weighted by molar-refractivity contribution is -0.106. The number of rotatable bonds is 3. The summed E-state index contributed by atoms with van der Waals surface area (Å²) in [5, 5.41) is 8.77. The molecule has 0 saturated heterocycles. The van der Waals surface area contributed by atoms with Crippen molar-refractivity contribution in [3.63, 3.8) is 0 Å². The Morgan fingerprint density at radius 2 is 2.23 bits per heavy atom. The molecule has 1 aromatic rings. The summed E-state index contributed by atoms with van der Waals surface area (Å²) in [6.45, 7) is 0.304. The standard InChI is InChI=1S/C10H10N2O/c1-12(6-7-13)10-5-3-2-4-9(10)8-11/h2-5,7H,6H2,1H3. The monoisotopic (exact) mass is 174 g/mol. The SMILES string of the molecule is CN(CC=O)c1ccccc1C#N. The smallest absolute Gasteiger partial charge is 0.139 e. The second-order valence-corrected chi connectivity index (χ2v) is 2.68. The fraction of sp³-hybridized carbons (Fsp3) is 0.200. The molecule has 0 spiro atoms. The van der Waals surface area contributed by atoms with Crippen LogP contribution in [-0.2, 0) is 4.79 Å². The minimum Gasteiger partial charge on any atom is -0.366 e. The maximum Gasteiger partial charge on any atom is 0.139 e. The fourth-order valence-electron chi connectivity index (χ4n) is 1.11. The molecule has 1 aromatic carbocycles. The van der Waals surface area contributed by atoms with Crippen molar-refractivity contribution in [2.75, 3.05) is 18.5 Å². The van der Waals surface area contributed by atoms with E-state index < -0.39 is 0 Å². The molecule has 66 valence electrons. The number of nitriles is 1. The van der Waals surface area contributed by atoms with Crippen molar-refractivity contribution < 1.29 is 4.79 Å². The highest BCUT2D eigenvalue weighted by Crippen LogP contribution is 2.16. The number of para-hydroxylation sites is 1. The summed E-state index contributed by atoms with van der Waals surface area (Å²) in [6.07, 6.45) is 0.814. The molecule has 0 fully saturated rings. The van der Waals surface area contributed by atoms with Crippen molar-refractivity contribution in [1.82, 2.24) is 0 Å². The molecule has 0 amide bonds. The Hall–Kier alpha value is -1.82. The zero-order valence-electron chi connectivity index (χ0n) is 7.40. The van der Waals surface area contributed by atoms with Gasteiger partial charge in [-0.2, -0.15) is 5.26 Å². The average Bonchev–Trinajstić information content (AvgIpc) is 2.18. The first kappa shape index (κ1) is 9.27. The third-order valence-corrected chi connectivity index (χ3v) is 1.78. The predicted molar refractivity (Wildman–Crippen MR) is 50.5 cm³/mol.